The fourth-order valence-corrected chi connectivity index (χ4v) is 1.50. The van der Waals surface area contributed by atoms with Crippen LogP contribution >= 0.6 is 28.1 Å². The smallest absolute Gasteiger partial charge is 0.0824 e. The standard InChI is InChI=1S/C9H8BrNS/c1-7(11-6-12)8-3-2-4-9(10)5-8/h2-5,7H,1H3. The Morgan fingerprint density at radius 3 is 2.92 bits per heavy atom. The highest BCUT2D eigenvalue weighted by atomic mass is 79.9. The van der Waals surface area contributed by atoms with Crippen molar-refractivity contribution in [3.63, 3.8) is 0 Å². The summed E-state index contributed by atoms with van der Waals surface area (Å²) in [4.78, 5) is 3.98. The van der Waals surface area contributed by atoms with Crippen LogP contribution in [-0.4, -0.2) is 5.16 Å². The van der Waals surface area contributed by atoms with Crippen LogP contribution in [0.3, 0.4) is 0 Å². The van der Waals surface area contributed by atoms with E-state index in [9.17, 15) is 0 Å². The van der Waals surface area contributed by atoms with Gasteiger partial charge < -0.3 is 0 Å². The molecule has 0 bridgehead atoms. The zero-order valence-corrected chi connectivity index (χ0v) is 9.02. The van der Waals surface area contributed by atoms with Gasteiger partial charge in [-0.25, -0.2) is 4.99 Å². The van der Waals surface area contributed by atoms with Crippen molar-refractivity contribution in [3.05, 3.63) is 34.3 Å². The summed E-state index contributed by atoms with van der Waals surface area (Å²) in [6.07, 6.45) is 0. The summed E-state index contributed by atoms with van der Waals surface area (Å²) in [5.41, 5.74) is 1.14. The maximum atomic E-state index is 4.53. The van der Waals surface area contributed by atoms with Crippen molar-refractivity contribution in [2.75, 3.05) is 0 Å². The van der Waals surface area contributed by atoms with Crippen molar-refractivity contribution in [3.8, 4) is 0 Å². The van der Waals surface area contributed by atoms with E-state index in [1.165, 1.54) is 0 Å². The van der Waals surface area contributed by atoms with Crippen molar-refractivity contribution in [1.29, 1.82) is 0 Å². The van der Waals surface area contributed by atoms with Gasteiger partial charge in [-0.05, 0) is 36.8 Å². The van der Waals surface area contributed by atoms with Gasteiger partial charge >= 0.3 is 0 Å². The van der Waals surface area contributed by atoms with Crippen molar-refractivity contribution in [2.45, 2.75) is 13.0 Å². The minimum atomic E-state index is 0.0972. The Labute approximate surface area is 85.6 Å². The molecule has 0 fully saturated rings. The third-order valence-corrected chi connectivity index (χ3v) is 2.18. The molecule has 12 heavy (non-hydrogen) atoms. The summed E-state index contributed by atoms with van der Waals surface area (Å²) >= 11 is 7.93. The van der Waals surface area contributed by atoms with Crippen LogP contribution < -0.4 is 0 Å². The third-order valence-electron chi connectivity index (χ3n) is 1.58. The Bertz CT molecular complexity index is 318. The molecule has 0 heterocycles. The Morgan fingerprint density at radius 2 is 2.33 bits per heavy atom. The van der Waals surface area contributed by atoms with Gasteiger partial charge in [0.05, 0.1) is 11.2 Å². The Kier molecular flexibility index (Phi) is 3.60. The quantitative estimate of drug-likeness (QED) is 0.570. The van der Waals surface area contributed by atoms with Crippen LogP contribution in [0.15, 0.2) is 33.7 Å². The maximum Gasteiger partial charge on any atom is 0.0824 e. The molecule has 1 nitrogen and oxygen atoms in total. The van der Waals surface area contributed by atoms with E-state index in [0.29, 0.717) is 0 Å². The van der Waals surface area contributed by atoms with Gasteiger partial charge in [0.1, 0.15) is 0 Å². The summed E-state index contributed by atoms with van der Waals surface area (Å²) in [5, 5.41) is 2.38. The molecule has 0 aliphatic heterocycles. The number of isothiocyanates is 1. The number of thiocarbonyl (C=S) groups is 1. The SMILES string of the molecule is CC(N=C=S)c1cccc(Br)c1. The first kappa shape index (κ1) is 9.59. The largest absolute Gasteiger partial charge is 0.225 e. The lowest BCUT2D eigenvalue weighted by Gasteiger charge is -2.03. The van der Waals surface area contributed by atoms with Crippen LogP contribution in [-0.2, 0) is 0 Å². The molecule has 1 unspecified atom stereocenters. The molecule has 0 aromatic heterocycles. The van der Waals surface area contributed by atoms with Crippen LogP contribution in [0, 0.1) is 0 Å². The van der Waals surface area contributed by atoms with E-state index >= 15 is 0 Å². The van der Waals surface area contributed by atoms with E-state index in [1.807, 2.05) is 31.2 Å². The lowest BCUT2D eigenvalue weighted by atomic mass is 10.1. The summed E-state index contributed by atoms with van der Waals surface area (Å²) in [6.45, 7) is 1.99. The minimum Gasteiger partial charge on any atom is -0.225 e. The number of hydrogen-bond donors (Lipinski definition) is 0. The van der Waals surface area contributed by atoms with E-state index < -0.39 is 0 Å². The van der Waals surface area contributed by atoms with Crippen molar-refractivity contribution in [1.82, 2.24) is 0 Å². The zero-order valence-electron chi connectivity index (χ0n) is 6.62. The van der Waals surface area contributed by atoms with E-state index in [0.717, 1.165) is 10.0 Å². The molecule has 1 aromatic carbocycles. The van der Waals surface area contributed by atoms with Gasteiger partial charge in [0.2, 0.25) is 0 Å². The monoisotopic (exact) mass is 241 g/mol. The number of nitrogens with zero attached hydrogens (tertiary/aromatic N) is 1. The summed E-state index contributed by atoms with van der Waals surface area (Å²) in [7, 11) is 0. The highest BCUT2D eigenvalue weighted by Crippen LogP contribution is 2.19. The molecule has 0 saturated heterocycles. The average Bonchev–Trinajstić information content (AvgIpc) is 2.05. The van der Waals surface area contributed by atoms with Crippen LogP contribution in [0.5, 0.6) is 0 Å². The molecular weight excluding hydrogens is 234 g/mol. The molecule has 0 saturated carbocycles. The first-order valence-corrected chi connectivity index (χ1v) is 4.76. The lowest BCUT2D eigenvalue weighted by molar-refractivity contribution is 0.827. The second kappa shape index (κ2) is 4.51. The summed E-state index contributed by atoms with van der Waals surface area (Å²) in [5.74, 6) is 0. The van der Waals surface area contributed by atoms with Gasteiger partial charge in [-0.2, -0.15) is 0 Å². The van der Waals surface area contributed by atoms with E-state index in [2.05, 4.69) is 38.3 Å². The van der Waals surface area contributed by atoms with Gasteiger partial charge in [0, 0.05) is 4.47 Å². The molecule has 3 heteroatoms. The zero-order chi connectivity index (χ0) is 8.97. The van der Waals surface area contributed by atoms with E-state index in [-0.39, 0.29) is 6.04 Å². The second-order valence-corrected chi connectivity index (χ2v) is 3.55. The Balaban J connectivity index is 2.94. The molecule has 0 radical (unpaired) electrons. The predicted octanol–water partition coefficient (Wildman–Crippen LogP) is 3.61. The van der Waals surface area contributed by atoms with Crippen LogP contribution in [0.1, 0.15) is 18.5 Å². The van der Waals surface area contributed by atoms with E-state index in [1.54, 1.807) is 0 Å². The Morgan fingerprint density at radius 1 is 1.58 bits per heavy atom. The van der Waals surface area contributed by atoms with Crippen LogP contribution in [0.25, 0.3) is 0 Å². The third kappa shape index (κ3) is 2.52. The van der Waals surface area contributed by atoms with Crippen LogP contribution in [0.2, 0.25) is 0 Å². The number of benzene rings is 1. The predicted molar refractivity (Wildman–Crippen MR) is 57.6 cm³/mol. The number of rotatable bonds is 2. The topological polar surface area (TPSA) is 12.4 Å². The Hall–Kier alpha value is -0.500. The lowest BCUT2D eigenvalue weighted by Crippen LogP contribution is -1.87. The molecule has 0 aliphatic rings. The van der Waals surface area contributed by atoms with Gasteiger partial charge in [-0.3, -0.25) is 0 Å². The van der Waals surface area contributed by atoms with Crippen LogP contribution in [0.4, 0.5) is 0 Å². The normalized spacial score (nSPS) is 11.8. The number of hydrogen-bond acceptors (Lipinski definition) is 2. The van der Waals surface area contributed by atoms with Crippen molar-refractivity contribution >= 4 is 33.3 Å². The van der Waals surface area contributed by atoms with E-state index in [4.69, 9.17) is 0 Å². The molecule has 1 rings (SSSR count). The molecule has 62 valence electrons. The molecule has 1 atom stereocenters. The maximum absolute atomic E-state index is 4.53. The molecule has 0 aliphatic carbocycles. The number of halogens is 1. The van der Waals surface area contributed by atoms with Gasteiger partial charge in [-0.1, -0.05) is 28.1 Å². The first-order chi connectivity index (χ1) is 5.74. The summed E-state index contributed by atoms with van der Waals surface area (Å²) < 4.78 is 1.06. The molecule has 0 amide bonds. The second-order valence-electron chi connectivity index (χ2n) is 2.45. The highest BCUT2D eigenvalue weighted by molar-refractivity contribution is 9.10. The molecule has 0 N–H and O–H groups in total. The average molecular weight is 242 g/mol. The van der Waals surface area contributed by atoms with Crippen molar-refractivity contribution in [2.24, 2.45) is 4.99 Å². The molecule has 1 aromatic rings. The summed E-state index contributed by atoms with van der Waals surface area (Å²) in [6, 6.07) is 8.11. The first-order valence-electron chi connectivity index (χ1n) is 3.56. The van der Waals surface area contributed by atoms with Gasteiger partial charge in [0.15, 0.2) is 0 Å². The van der Waals surface area contributed by atoms with Crippen molar-refractivity contribution < 1.29 is 0 Å². The van der Waals surface area contributed by atoms with Gasteiger partial charge in [0.25, 0.3) is 0 Å². The fourth-order valence-electron chi connectivity index (χ4n) is 0.920. The minimum absolute atomic E-state index is 0.0972. The molecular formula is C9H8BrNS. The van der Waals surface area contributed by atoms with Gasteiger partial charge in [-0.15, -0.1) is 0 Å². The fraction of sp³-hybridized carbons (Fsp3) is 0.222. The highest BCUT2D eigenvalue weighted by Gasteiger charge is 2.01. The molecule has 0 spiro atoms. The number of aliphatic imine (C=N–C) groups is 1.